The molecule has 0 saturated carbocycles. The Morgan fingerprint density at radius 3 is 2.43 bits per heavy atom. The number of nitrogens with two attached hydrogens (primary N) is 1. The molecule has 1 rings (SSSR count). The number of hydrogen-bond donors (Lipinski definition) is 3. The molecular formula is C16H28N4O2S. The van der Waals surface area contributed by atoms with E-state index in [0.29, 0.717) is 12.6 Å². The highest BCUT2D eigenvalue weighted by atomic mass is 32.2. The zero-order chi connectivity index (χ0) is 17.3. The van der Waals surface area contributed by atoms with E-state index in [-0.39, 0.29) is 4.90 Å². The molecule has 0 aliphatic carbocycles. The van der Waals surface area contributed by atoms with Crippen LogP contribution in [-0.4, -0.2) is 27.5 Å². The molecule has 0 spiro atoms. The summed E-state index contributed by atoms with van der Waals surface area (Å²) in [7, 11) is -1.90. The van der Waals surface area contributed by atoms with Gasteiger partial charge in [-0.15, -0.1) is 0 Å². The van der Waals surface area contributed by atoms with E-state index in [0.717, 1.165) is 17.9 Å². The van der Waals surface area contributed by atoms with E-state index in [1.54, 1.807) is 19.2 Å². The van der Waals surface area contributed by atoms with Crippen molar-refractivity contribution in [3.05, 3.63) is 29.8 Å². The number of guanidine groups is 1. The molecule has 0 aliphatic heterocycles. The topological polar surface area (TPSA) is 96.6 Å². The van der Waals surface area contributed by atoms with Crippen LogP contribution >= 0.6 is 0 Å². The van der Waals surface area contributed by atoms with Gasteiger partial charge in [-0.3, -0.25) is 4.99 Å². The van der Waals surface area contributed by atoms with Crippen LogP contribution < -0.4 is 15.8 Å². The Morgan fingerprint density at radius 1 is 1.26 bits per heavy atom. The number of benzene rings is 1. The third-order valence-corrected chi connectivity index (χ3v) is 4.49. The molecular weight excluding hydrogens is 312 g/mol. The maximum absolute atomic E-state index is 11.2. The Bertz CT molecular complexity index is 597. The van der Waals surface area contributed by atoms with Crippen LogP contribution in [0.15, 0.2) is 34.2 Å². The highest BCUT2D eigenvalue weighted by molar-refractivity contribution is 7.89. The molecule has 7 heteroatoms. The third-order valence-electron chi connectivity index (χ3n) is 3.56. The van der Waals surface area contributed by atoms with Crippen molar-refractivity contribution in [3.8, 4) is 0 Å². The second-order valence-electron chi connectivity index (χ2n) is 5.66. The summed E-state index contributed by atoms with van der Waals surface area (Å²) in [5, 5.41) is 11.7. The van der Waals surface area contributed by atoms with Gasteiger partial charge in [0.05, 0.1) is 4.90 Å². The molecule has 0 aromatic heterocycles. The number of unbranched alkanes of at least 4 members (excludes halogenated alkanes) is 2. The number of aliphatic imine (C=N–C) groups is 1. The number of primary sulfonamides is 1. The lowest BCUT2D eigenvalue weighted by molar-refractivity contribution is 0.546. The summed E-state index contributed by atoms with van der Waals surface area (Å²) in [5.41, 5.74) is 0.957. The van der Waals surface area contributed by atoms with E-state index >= 15 is 0 Å². The molecule has 0 aliphatic rings. The normalized spacial score (nSPS) is 13.7. The fourth-order valence-electron chi connectivity index (χ4n) is 2.18. The van der Waals surface area contributed by atoms with Crippen molar-refractivity contribution in [3.63, 3.8) is 0 Å². The quantitative estimate of drug-likeness (QED) is 0.383. The summed E-state index contributed by atoms with van der Waals surface area (Å²) < 4.78 is 22.4. The second-order valence-corrected chi connectivity index (χ2v) is 7.22. The summed E-state index contributed by atoms with van der Waals surface area (Å²) in [6, 6.07) is 6.86. The molecule has 1 atom stereocenters. The average Bonchev–Trinajstić information content (AvgIpc) is 2.51. The van der Waals surface area contributed by atoms with E-state index in [1.807, 2.05) is 0 Å². The lowest BCUT2D eigenvalue weighted by atomic mass is 10.1. The van der Waals surface area contributed by atoms with Gasteiger partial charge in [-0.05, 0) is 31.0 Å². The van der Waals surface area contributed by atoms with Gasteiger partial charge in [0.1, 0.15) is 0 Å². The first kappa shape index (κ1) is 19.4. The van der Waals surface area contributed by atoms with Crippen molar-refractivity contribution in [2.45, 2.75) is 57.0 Å². The van der Waals surface area contributed by atoms with Gasteiger partial charge in [0.15, 0.2) is 5.96 Å². The first-order valence-electron chi connectivity index (χ1n) is 7.95. The van der Waals surface area contributed by atoms with E-state index < -0.39 is 10.0 Å². The number of sulfonamides is 1. The summed E-state index contributed by atoms with van der Waals surface area (Å²) in [6.07, 6.45) is 4.77. The fourth-order valence-corrected chi connectivity index (χ4v) is 2.70. The van der Waals surface area contributed by atoms with Crippen molar-refractivity contribution in [1.29, 1.82) is 0 Å². The zero-order valence-electron chi connectivity index (χ0n) is 14.2. The summed E-state index contributed by atoms with van der Waals surface area (Å²) >= 11 is 0. The Morgan fingerprint density at radius 2 is 1.91 bits per heavy atom. The molecule has 0 saturated heterocycles. The van der Waals surface area contributed by atoms with Crippen LogP contribution in [-0.2, 0) is 16.6 Å². The zero-order valence-corrected chi connectivity index (χ0v) is 15.0. The van der Waals surface area contributed by atoms with Gasteiger partial charge < -0.3 is 10.6 Å². The highest BCUT2D eigenvalue weighted by Crippen LogP contribution is 2.08. The Kier molecular flexibility index (Phi) is 8.05. The summed E-state index contributed by atoms with van der Waals surface area (Å²) in [5.74, 6) is 0.740. The monoisotopic (exact) mass is 340 g/mol. The molecule has 6 nitrogen and oxygen atoms in total. The molecule has 4 N–H and O–H groups in total. The minimum absolute atomic E-state index is 0.119. The predicted molar refractivity (Wildman–Crippen MR) is 94.8 cm³/mol. The van der Waals surface area contributed by atoms with E-state index in [9.17, 15) is 8.42 Å². The Balaban J connectivity index is 2.48. The first-order valence-corrected chi connectivity index (χ1v) is 9.50. The van der Waals surface area contributed by atoms with E-state index in [4.69, 9.17) is 5.14 Å². The lowest BCUT2D eigenvalue weighted by Gasteiger charge is -2.18. The van der Waals surface area contributed by atoms with Gasteiger partial charge in [0, 0.05) is 19.6 Å². The van der Waals surface area contributed by atoms with Crippen molar-refractivity contribution in [2.24, 2.45) is 10.1 Å². The smallest absolute Gasteiger partial charge is 0.238 e. The van der Waals surface area contributed by atoms with Crippen molar-refractivity contribution >= 4 is 16.0 Å². The molecule has 1 aromatic carbocycles. The van der Waals surface area contributed by atoms with Gasteiger partial charge in [-0.2, -0.15) is 0 Å². The van der Waals surface area contributed by atoms with Crippen molar-refractivity contribution < 1.29 is 8.42 Å². The minimum atomic E-state index is -3.64. The van der Waals surface area contributed by atoms with Gasteiger partial charge in [-0.1, -0.05) is 38.3 Å². The average molecular weight is 340 g/mol. The maximum Gasteiger partial charge on any atom is 0.238 e. The van der Waals surface area contributed by atoms with Crippen LogP contribution in [0.2, 0.25) is 0 Å². The molecule has 1 aromatic rings. The van der Waals surface area contributed by atoms with Crippen LogP contribution in [0.3, 0.4) is 0 Å². The molecule has 0 bridgehead atoms. The van der Waals surface area contributed by atoms with Crippen molar-refractivity contribution in [1.82, 2.24) is 10.6 Å². The SMILES string of the molecule is CCCCCC(C)NC(=NC)NCc1ccc(S(N)(=O)=O)cc1. The molecule has 0 fully saturated rings. The van der Waals surface area contributed by atoms with E-state index in [2.05, 4.69) is 29.5 Å². The van der Waals surface area contributed by atoms with Crippen LogP contribution in [0.5, 0.6) is 0 Å². The highest BCUT2D eigenvalue weighted by Gasteiger charge is 2.08. The molecule has 130 valence electrons. The van der Waals surface area contributed by atoms with Crippen molar-refractivity contribution in [2.75, 3.05) is 7.05 Å². The first-order chi connectivity index (χ1) is 10.9. The van der Waals surface area contributed by atoms with Crippen LogP contribution in [0.25, 0.3) is 0 Å². The standard InChI is InChI=1S/C16H28N4O2S/c1-4-5-6-7-13(2)20-16(18-3)19-12-14-8-10-15(11-9-14)23(17,21)22/h8-11,13H,4-7,12H2,1-3H3,(H2,17,21,22)(H2,18,19,20). The van der Waals surface area contributed by atoms with Gasteiger partial charge >= 0.3 is 0 Å². The van der Waals surface area contributed by atoms with E-state index in [1.165, 1.54) is 31.4 Å². The third kappa shape index (κ3) is 7.47. The predicted octanol–water partition coefficient (Wildman–Crippen LogP) is 1.97. The van der Waals surface area contributed by atoms with Gasteiger partial charge in [-0.25, -0.2) is 13.6 Å². The van der Waals surface area contributed by atoms with Gasteiger partial charge in [0.25, 0.3) is 0 Å². The number of nitrogens with one attached hydrogen (secondary N) is 2. The molecule has 0 amide bonds. The second kappa shape index (κ2) is 9.52. The molecule has 1 unspecified atom stereocenters. The Labute approximate surface area is 139 Å². The van der Waals surface area contributed by atoms with Gasteiger partial charge in [0.2, 0.25) is 10.0 Å². The maximum atomic E-state index is 11.2. The number of rotatable bonds is 8. The largest absolute Gasteiger partial charge is 0.354 e. The molecule has 0 heterocycles. The Hall–Kier alpha value is -1.60. The summed E-state index contributed by atoms with van der Waals surface area (Å²) in [6.45, 7) is 4.90. The molecule has 0 radical (unpaired) electrons. The van der Waals surface area contributed by atoms with Crippen LogP contribution in [0, 0.1) is 0 Å². The van der Waals surface area contributed by atoms with Crippen LogP contribution in [0.1, 0.15) is 45.1 Å². The van der Waals surface area contributed by atoms with Crippen LogP contribution in [0.4, 0.5) is 0 Å². The summed E-state index contributed by atoms with van der Waals surface area (Å²) in [4.78, 5) is 4.33. The minimum Gasteiger partial charge on any atom is -0.354 e. The molecule has 23 heavy (non-hydrogen) atoms. The number of nitrogens with zero attached hydrogens (tertiary/aromatic N) is 1. The fraction of sp³-hybridized carbons (Fsp3) is 0.562. The lowest BCUT2D eigenvalue weighted by Crippen LogP contribution is -2.41. The number of hydrogen-bond acceptors (Lipinski definition) is 3.